The molecule has 0 N–H and O–H groups in total. The Labute approximate surface area is 122 Å². The normalized spacial score (nSPS) is 14.4. The van der Waals surface area contributed by atoms with E-state index in [4.69, 9.17) is 11.6 Å². The Balaban J connectivity index is 2.69. The first kappa shape index (κ1) is 14.6. The number of hydrogen-bond acceptors (Lipinski definition) is 0. The van der Waals surface area contributed by atoms with Gasteiger partial charge in [0.2, 0.25) is 0 Å². The molecule has 0 aromatic heterocycles. The summed E-state index contributed by atoms with van der Waals surface area (Å²) in [6.45, 7) is 6.78. The van der Waals surface area contributed by atoms with Gasteiger partial charge in [0, 0.05) is 0 Å². The number of alkyl halides is 1. The van der Waals surface area contributed by atoms with Gasteiger partial charge in [-0.1, -0.05) is 0 Å². The van der Waals surface area contributed by atoms with E-state index in [0.717, 1.165) is 0 Å². The van der Waals surface area contributed by atoms with Crippen LogP contribution < -0.4 is 10.6 Å². The van der Waals surface area contributed by atoms with Gasteiger partial charge in [0.25, 0.3) is 0 Å². The molecule has 2 rings (SSSR count). The fraction of sp³-hybridized carbons (Fsp3) is 0.294. The van der Waals surface area contributed by atoms with Gasteiger partial charge in [-0.3, -0.25) is 0 Å². The van der Waals surface area contributed by atoms with Crippen LogP contribution in [0.15, 0.2) is 60.7 Å². The van der Waals surface area contributed by atoms with Crippen LogP contribution in [0.25, 0.3) is 0 Å². The Morgan fingerprint density at radius 2 is 1.11 bits per heavy atom. The molecule has 0 unspecified atom stereocenters. The fourth-order valence-corrected chi connectivity index (χ4v) is 9.68. The van der Waals surface area contributed by atoms with Crippen molar-refractivity contribution in [1.29, 1.82) is 0 Å². The molecule has 0 aliphatic heterocycles. The van der Waals surface area contributed by atoms with E-state index < -0.39 is 7.26 Å². The van der Waals surface area contributed by atoms with Crippen LogP contribution in [0, 0.1) is 0 Å². The summed E-state index contributed by atoms with van der Waals surface area (Å²) in [5.41, 5.74) is 0.560. The molecule has 0 nitrogen and oxygen atoms in total. The van der Waals surface area contributed by atoms with E-state index in [9.17, 15) is 0 Å². The molecular formula is C17H22ClP. The van der Waals surface area contributed by atoms with E-state index in [1.165, 1.54) is 10.6 Å². The molecule has 0 amide bonds. The summed E-state index contributed by atoms with van der Waals surface area (Å²) in [5, 5.41) is 3.02. The number of hydrogen-bond donors (Lipinski definition) is 0. The predicted molar refractivity (Wildman–Crippen MR) is 90.9 cm³/mol. The van der Waals surface area contributed by atoms with Gasteiger partial charge in [0.1, 0.15) is 0 Å². The molecule has 0 heterocycles. The molecule has 0 aliphatic carbocycles. The van der Waals surface area contributed by atoms with Crippen LogP contribution in [0.4, 0.5) is 0 Å². The molecule has 1 atom stereocenters. The van der Waals surface area contributed by atoms with Gasteiger partial charge < -0.3 is 0 Å². The Morgan fingerprint density at radius 1 is 0.737 bits per heavy atom. The van der Waals surface area contributed by atoms with Gasteiger partial charge in [-0.25, -0.2) is 0 Å². The first-order valence-electron chi connectivity index (χ1n) is 6.85. The quantitative estimate of drug-likeness (QED) is 0.579. The molecule has 0 aliphatic rings. The summed E-state index contributed by atoms with van der Waals surface area (Å²) in [6.07, 6.45) is 0. The zero-order valence-corrected chi connectivity index (χ0v) is 13.6. The monoisotopic (exact) mass is 292 g/mol. The average Bonchev–Trinajstić information content (AvgIpc) is 2.41. The van der Waals surface area contributed by atoms with Gasteiger partial charge >= 0.3 is 122 Å². The van der Waals surface area contributed by atoms with E-state index in [-0.39, 0.29) is 5.12 Å². The standard InChI is InChI=1S/C17H22ClP/c1-14(2)19(15(3)18,16-10-6-4-7-11-16)17-12-8-5-9-13-17/h4-15,19H,1-3H3/t15-/m1/s1. The predicted octanol–water partition coefficient (Wildman–Crippen LogP) is 4.38. The maximum atomic E-state index is 6.73. The average molecular weight is 293 g/mol. The third kappa shape index (κ3) is 2.57. The minimum absolute atomic E-state index is 0.164. The maximum absolute atomic E-state index is 6.73. The van der Waals surface area contributed by atoms with Crippen molar-refractivity contribution in [2.24, 2.45) is 0 Å². The van der Waals surface area contributed by atoms with Gasteiger partial charge in [0.05, 0.1) is 0 Å². The number of benzene rings is 2. The van der Waals surface area contributed by atoms with Gasteiger partial charge in [-0.2, -0.15) is 0 Å². The molecule has 0 bridgehead atoms. The molecule has 102 valence electrons. The van der Waals surface area contributed by atoms with Gasteiger partial charge in [0.15, 0.2) is 0 Å². The second-order valence-electron chi connectivity index (χ2n) is 5.37. The minimum atomic E-state index is -1.94. The summed E-state index contributed by atoms with van der Waals surface area (Å²) < 4.78 is 0. The molecular weight excluding hydrogens is 271 g/mol. The van der Waals surface area contributed by atoms with Gasteiger partial charge in [-0.05, 0) is 0 Å². The summed E-state index contributed by atoms with van der Waals surface area (Å²) in [4.78, 5) is 0. The van der Waals surface area contributed by atoms with Gasteiger partial charge in [-0.15, -0.1) is 0 Å². The Kier molecular flexibility index (Phi) is 4.66. The van der Waals surface area contributed by atoms with Crippen LogP contribution in [0.5, 0.6) is 0 Å². The zero-order valence-electron chi connectivity index (χ0n) is 11.8. The van der Waals surface area contributed by atoms with E-state index in [1.54, 1.807) is 0 Å². The summed E-state index contributed by atoms with van der Waals surface area (Å²) in [6, 6.07) is 21.7. The molecule has 0 saturated carbocycles. The molecule has 2 heteroatoms. The van der Waals surface area contributed by atoms with Crippen molar-refractivity contribution in [3.63, 3.8) is 0 Å². The first-order chi connectivity index (χ1) is 9.10. The van der Waals surface area contributed by atoms with Crippen molar-refractivity contribution in [2.75, 3.05) is 0 Å². The van der Waals surface area contributed by atoms with Crippen molar-refractivity contribution in [3.8, 4) is 0 Å². The van der Waals surface area contributed by atoms with E-state index >= 15 is 0 Å². The third-order valence-electron chi connectivity index (χ3n) is 4.04. The van der Waals surface area contributed by atoms with Crippen LogP contribution in [-0.2, 0) is 0 Å². The summed E-state index contributed by atoms with van der Waals surface area (Å²) in [7, 11) is -1.94. The molecule has 2 aromatic carbocycles. The van der Waals surface area contributed by atoms with Crippen molar-refractivity contribution >= 4 is 29.5 Å². The SMILES string of the molecule is CC(C)[PH](c1ccccc1)(c1ccccc1)[C@H](C)Cl. The van der Waals surface area contributed by atoms with Crippen molar-refractivity contribution < 1.29 is 0 Å². The van der Waals surface area contributed by atoms with Crippen LogP contribution in [0.2, 0.25) is 0 Å². The number of rotatable bonds is 4. The molecule has 0 saturated heterocycles. The molecule has 0 spiro atoms. The van der Waals surface area contributed by atoms with Crippen molar-refractivity contribution in [1.82, 2.24) is 0 Å². The third-order valence-corrected chi connectivity index (χ3v) is 10.7. The second kappa shape index (κ2) is 6.07. The van der Waals surface area contributed by atoms with Crippen LogP contribution in [-0.4, -0.2) is 10.8 Å². The Morgan fingerprint density at radius 3 is 1.37 bits per heavy atom. The molecule has 0 fully saturated rings. The summed E-state index contributed by atoms with van der Waals surface area (Å²) >= 11 is 6.73. The van der Waals surface area contributed by atoms with Crippen LogP contribution >= 0.6 is 18.9 Å². The zero-order chi connectivity index (χ0) is 13.9. The van der Waals surface area contributed by atoms with E-state index in [1.807, 2.05) is 0 Å². The number of halogens is 1. The van der Waals surface area contributed by atoms with Crippen molar-refractivity contribution in [2.45, 2.75) is 31.5 Å². The van der Waals surface area contributed by atoms with Crippen molar-refractivity contribution in [3.05, 3.63) is 60.7 Å². The molecule has 19 heavy (non-hydrogen) atoms. The molecule has 0 radical (unpaired) electrons. The topological polar surface area (TPSA) is 0 Å². The Hall–Kier alpha value is -0.840. The van der Waals surface area contributed by atoms with Crippen LogP contribution in [0.3, 0.4) is 0 Å². The second-order valence-corrected chi connectivity index (χ2v) is 11.3. The summed E-state index contributed by atoms with van der Waals surface area (Å²) in [5.74, 6) is 0. The fourth-order valence-electron chi connectivity index (χ4n) is 3.18. The van der Waals surface area contributed by atoms with E-state index in [0.29, 0.717) is 5.66 Å². The first-order valence-corrected chi connectivity index (χ1v) is 9.44. The molecule has 2 aromatic rings. The van der Waals surface area contributed by atoms with E-state index in [2.05, 4.69) is 81.4 Å². The Bertz CT molecular complexity index is 456. The van der Waals surface area contributed by atoms with Crippen LogP contribution in [0.1, 0.15) is 20.8 Å².